The molecule has 0 atom stereocenters. The molecule has 0 heterocycles. The molecule has 0 amide bonds. The van der Waals surface area contributed by atoms with Gasteiger partial charge in [-0.1, -0.05) is 24.8 Å². The molecule has 0 rings (SSSR count). The number of hydrogen-bond donors (Lipinski definition) is 0. The Morgan fingerprint density at radius 3 is 2.53 bits per heavy atom. The summed E-state index contributed by atoms with van der Waals surface area (Å²) in [6.45, 7) is 10.1. The van der Waals surface area contributed by atoms with Gasteiger partial charge in [-0.25, -0.2) is 0 Å². The van der Waals surface area contributed by atoms with Gasteiger partial charge in [-0.15, -0.1) is 0 Å². The normalized spacial score (nSPS) is 11.4. The van der Waals surface area contributed by atoms with Crippen molar-refractivity contribution in [2.45, 2.75) is 27.7 Å². The number of carbonyl (C=O) groups is 1. The first-order valence-corrected chi connectivity index (χ1v) is 5.86. The van der Waals surface area contributed by atoms with Crippen LogP contribution in [0.15, 0.2) is 12.2 Å². The van der Waals surface area contributed by atoms with Crippen molar-refractivity contribution < 1.29 is 9.53 Å². The van der Waals surface area contributed by atoms with Crippen LogP contribution in [-0.4, -0.2) is 37.6 Å². The van der Waals surface area contributed by atoms with E-state index in [4.69, 9.17) is 0 Å². The van der Waals surface area contributed by atoms with E-state index >= 15 is 0 Å². The van der Waals surface area contributed by atoms with Gasteiger partial charge in [0, 0.05) is 12.0 Å². The third-order valence-corrected chi connectivity index (χ3v) is 2.04. The number of likely N-dealkylation sites (N-methyl/N-ethyl adjacent to an activating group) is 1. The molecule has 96 valence electrons. The fraction of sp³-hybridized carbons (Fsp3) is 0.643. The lowest BCUT2D eigenvalue weighted by molar-refractivity contribution is -0.141. The molecule has 0 aromatic carbocycles. The highest BCUT2D eigenvalue weighted by Gasteiger charge is 2.06. The van der Waals surface area contributed by atoms with Gasteiger partial charge >= 0.3 is 5.97 Å². The summed E-state index contributed by atoms with van der Waals surface area (Å²) in [5, 5.41) is 0. The molecular formula is C14H23NO2. The van der Waals surface area contributed by atoms with E-state index in [1.54, 1.807) is 0 Å². The maximum absolute atomic E-state index is 11.1. The van der Waals surface area contributed by atoms with E-state index < -0.39 is 0 Å². The molecule has 3 heteroatoms. The second kappa shape index (κ2) is 7.92. The predicted molar refractivity (Wildman–Crippen MR) is 70.5 cm³/mol. The number of carbonyl (C=O) groups excluding carboxylic acids is 1. The highest BCUT2D eigenvalue weighted by Crippen LogP contribution is 2.09. The number of allylic oxidation sites excluding steroid dienone is 1. The van der Waals surface area contributed by atoms with Crippen LogP contribution in [0.5, 0.6) is 0 Å². The zero-order valence-corrected chi connectivity index (χ0v) is 11.5. The SMILES string of the molecule is CCN(C/C=C/C#CC(C)(C)C)CC(=O)OC. The Labute approximate surface area is 105 Å². The van der Waals surface area contributed by atoms with Crippen LogP contribution >= 0.6 is 0 Å². The van der Waals surface area contributed by atoms with Crippen LogP contribution in [0.25, 0.3) is 0 Å². The predicted octanol–water partition coefficient (Wildman–Crippen LogP) is 2.09. The molecule has 0 saturated carbocycles. The van der Waals surface area contributed by atoms with Crippen LogP contribution in [0, 0.1) is 17.3 Å². The Morgan fingerprint density at radius 1 is 1.41 bits per heavy atom. The van der Waals surface area contributed by atoms with E-state index in [1.807, 2.05) is 24.0 Å². The molecule has 0 radical (unpaired) electrons. The summed E-state index contributed by atoms with van der Waals surface area (Å²) in [7, 11) is 1.40. The van der Waals surface area contributed by atoms with Crippen molar-refractivity contribution in [3.63, 3.8) is 0 Å². The monoisotopic (exact) mass is 237 g/mol. The summed E-state index contributed by atoms with van der Waals surface area (Å²) in [5.41, 5.74) is 0.0286. The summed E-state index contributed by atoms with van der Waals surface area (Å²) < 4.78 is 4.62. The van der Waals surface area contributed by atoms with Crippen molar-refractivity contribution in [1.82, 2.24) is 4.90 Å². The van der Waals surface area contributed by atoms with Gasteiger partial charge in [-0.05, 0) is 33.4 Å². The van der Waals surface area contributed by atoms with Crippen LogP contribution in [0.3, 0.4) is 0 Å². The van der Waals surface area contributed by atoms with Crippen LogP contribution in [0.4, 0.5) is 0 Å². The highest BCUT2D eigenvalue weighted by atomic mass is 16.5. The zero-order chi connectivity index (χ0) is 13.3. The Balaban J connectivity index is 4.09. The van der Waals surface area contributed by atoms with Gasteiger partial charge in [0.25, 0.3) is 0 Å². The first kappa shape index (κ1) is 15.7. The smallest absolute Gasteiger partial charge is 0.319 e. The molecule has 0 fully saturated rings. The lowest BCUT2D eigenvalue weighted by Crippen LogP contribution is -2.30. The Bertz CT molecular complexity index is 315. The first-order valence-electron chi connectivity index (χ1n) is 5.86. The molecule has 0 spiro atoms. The van der Waals surface area contributed by atoms with Crippen molar-refractivity contribution in [2.24, 2.45) is 5.41 Å². The Hall–Kier alpha value is -1.27. The summed E-state index contributed by atoms with van der Waals surface area (Å²) >= 11 is 0. The van der Waals surface area contributed by atoms with Gasteiger partial charge in [-0.3, -0.25) is 9.69 Å². The minimum atomic E-state index is -0.207. The second-order valence-corrected chi connectivity index (χ2v) is 4.83. The van der Waals surface area contributed by atoms with E-state index in [0.29, 0.717) is 13.1 Å². The van der Waals surface area contributed by atoms with Gasteiger partial charge < -0.3 is 4.74 Å². The molecule has 0 aliphatic heterocycles. The van der Waals surface area contributed by atoms with Crippen molar-refractivity contribution in [3.05, 3.63) is 12.2 Å². The Morgan fingerprint density at radius 2 is 2.06 bits per heavy atom. The highest BCUT2D eigenvalue weighted by molar-refractivity contribution is 5.71. The number of hydrogen-bond acceptors (Lipinski definition) is 3. The second-order valence-electron chi connectivity index (χ2n) is 4.83. The largest absolute Gasteiger partial charge is 0.468 e. The van der Waals surface area contributed by atoms with Crippen molar-refractivity contribution in [1.29, 1.82) is 0 Å². The molecule has 3 nitrogen and oxygen atoms in total. The lowest BCUT2D eigenvalue weighted by Gasteiger charge is -2.15. The average molecular weight is 237 g/mol. The maximum atomic E-state index is 11.1. The fourth-order valence-corrected chi connectivity index (χ4v) is 1.07. The zero-order valence-electron chi connectivity index (χ0n) is 11.5. The molecule has 0 aromatic rings. The van der Waals surface area contributed by atoms with E-state index in [0.717, 1.165) is 6.54 Å². The fourth-order valence-electron chi connectivity index (χ4n) is 1.07. The van der Waals surface area contributed by atoms with Crippen LogP contribution < -0.4 is 0 Å². The number of rotatable bonds is 5. The summed E-state index contributed by atoms with van der Waals surface area (Å²) in [4.78, 5) is 13.1. The molecule has 0 aliphatic carbocycles. The number of methoxy groups -OCH3 is 1. The quantitative estimate of drug-likeness (QED) is 0.541. The Kier molecular flexibility index (Phi) is 7.32. The number of nitrogens with zero attached hydrogens (tertiary/aromatic N) is 1. The molecular weight excluding hydrogens is 214 g/mol. The van der Waals surface area contributed by atoms with Gasteiger partial charge in [0.15, 0.2) is 0 Å². The molecule has 0 unspecified atom stereocenters. The van der Waals surface area contributed by atoms with E-state index in [-0.39, 0.29) is 11.4 Å². The van der Waals surface area contributed by atoms with Crippen molar-refractivity contribution in [2.75, 3.05) is 26.7 Å². The van der Waals surface area contributed by atoms with Crippen LogP contribution in [-0.2, 0) is 9.53 Å². The van der Waals surface area contributed by atoms with Gasteiger partial charge in [0.1, 0.15) is 0 Å². The topological polar surface area (TPSA) is 29.5 Å². The van der Waals surface area contributed by atoms with E-state index in [9.17, 15) is 4.79 Å². The van der Waals surface area contributed by atoms with Crippen LogP contribution in [0.2, 0.25) is 0 Å². The minimum absolute atomic E-state index is 0.0286. The molecule has 0 N–H and O–H groups in total. The first-order chi connectivity index (χ1) is 7.89. The molecule has 0 aromatic heterocycles. The molecule has 17 heavy (non-hydrogen) atoms. The van der Waals surface area contributed by atoms with Gasteiger partial charge in [0.2, 0.25) is 0 Å². The minimum Gasteiger partial charge on any atom is -0.468 e. The summed E-state index contributed by atoms with van der Waals surface area (Å²) in [6.07, 6.45) is 3.80. The van der Waals surface area contributed by atoms with Crippen molar-refractivity contribution in [3.8, 4) is 11.8 Å². The number of esters is 1. The molecule has 0 aliphatic rings. The summed E-state index contributed by atoms with van der Waals surface area (Å²) in [6, 6.07) is 0. The standard InChI is InChI=1S/C14H23NO2/c1-6-15(12-13(16)17-5)11-9-7-8-10-14(2,3)4/h7,9H,6,11-12H2,1-5H3/b9-7+. The van der Waals surface area contributed by atoms with Crippen molar-refractivity contribution >= 4 is 5.97 Å². The van der Waals surface area contributed by atoms with E-state index in [2.05, 4.69) is 37.3 Å². The average Bonchev–Trinajstić information content (AvgIpc) is 2.25. The third-order valence-electron chi connectivity index (χ3n) is 2.04. The lowest BCUT2D eigenvalue weighted by atomic mass is 9.98. The van der Waals surface area contributed by atoms with E-state index in [1.165, 1.54) is 7.11 Å². The number of ether oxygens (including phenoxy) is 1. The van der Waals surface area contributed by atoms with Crippen LogP contribution in [0.1, 0.15) is 27.7 Å². The third kappa shape index (κ3) is 9.65. The maximum Gasteiger partial charge on any atom is 0.319 e. The summed E-state index contributed by atoms with van der Waals surface area (Å²) in [5.74, 6) is 5.91. The molecule has 0 bridgehead atoms. The van der Waals surface area contributed by atoms with Gasteiger partial charge in [-0.2, -0.15) is 0 Å². The van der Waals surface area contributed by atoms with Gasteiger partial charge in [0.05, 0.1) is 13.7 Å². The molecule has 0 saturated heterocycles.